The van der Waals surface area contributed by atoms with E-state index in [9.17, 15) is 13.2 Å². The van der Waals surface area contributed by atoms with Crippen molar-refractivity contribution in [1.29, 1.82) is 0 Å². The molecule has 6 heteroatoms. The molecule has 168 valence electrons. The van der Waals surface area contributed by atoms with E-state index in [2.05, 4.69) is 29.0 Å². The minimum absolute atomic E-state index is 0.0662. The predicted octanol–water partition coefficient (Wildman–Crippen LogP) is 4.95. The van der Waals surface area contributed by atoms with Crippen LogP contribution in [0.4, 0.5) is 0 Å². The van der Waals surface area contributed by atoms with E-state index in [-0.39, 0.29) is 5.75 Å². The maximum absolute atomic E-state index is 12.9. The first-order valence-corrected chi connectivity index (χ1v) is 12.4. The van der Waals surface area contributed by atoms with Gasteiger partial charge in [-0.1, -0.05) is 80.1 Å². The van der Waals surface area contributed by atoms with Crippen molar-refractivity contribution in [2.45, 2.75) is 32.8 Å². The molecule has 0 aliphatic heterocycles. The first kappa shape index (κ1) is 23.7. The first-order chi connectivity index (χ1) is 15.4. The van der Waals surface area contributed by atoms with E-state index in [0.29, 0.717) is 25.0 Å². The minimum Gasteiger partial charge on any atom is -0.380 e. The Hall–Kier alpha value is -2.96. The van der Waals surface area contributed by atoms with Crippen LogP contribution in [0.3, 0.4) is 0 Å². The molecule has 0 heterocycles. The lowest BCUT2D eigenvalue weighted by molar-refractivity contribution is 0.0980. The lowest BCUT2D eigenvalue weighted by atomic mass is 9.93. The fraction of sp³-hybridized carbons (Fsp3) is 0.269. The van der Waals surface area contributed by atoms with Crippen molar-refractivity contribution >= 4 is 15.9 Å². The molecule has 1 amide bonds. The highest BCUT2D eigenvalue weighted by Crippen LogP contribution is 2.24. The lowest BCUT2D eigenvalue weighted by Gasteiger charge is -2.15. The van der Waals surface area contributed by atoms with Crippen molar-refractivity contribution < 1.29 is 17.9 Å². The maximum Gasteiger partial charge on any atom is 0.265 e. The lowest BCUT2D eigenvalue weighted by Crippen LogP contribution is -2.33. The molecule has 0 aliphatic carbocycles. The quantitative estimate of drug-likeness (QED) is 0.473. The van der Waals surface area contributed by atoms with E-state index in [0.717, 1.165) is 34.2 Å². The molecule has 32 heavy (non-hydrogen) atoms. The van der Waals surface area contributed by atoms with E-state index in [1.54, 1.807) is 19.2 Å². The number of hydrogen-bond donors (Lipinski definition) is 1. The number of methoxy groups -OCH3 is 1. The average molecular weight is 452 g/mol. The van der Waals surface area contributed by atoms with Gasteiger partial charge in [0.05, 0.1) is 12.4 Å². The summed E-state index contributed by atoms with van der Waals surface area (Å²) in [6.07, 6.45) is 1.74. The first-order valence-electron chi connectivity index (χ1n) is 10.7. The molecule has 0 saturated carbocycles. The molecule has 0 radical (unpaired) electrons. The van der Waals surface area contributed by atoms with Crippen LogP contribution in [-0.2, 0) is 27.8 Å². The van der Waals surface area contributed by atoms with Crippen molar-refractivity contribution in [2.75, 3.05) is 12.9 Å². The van der Waals surface area contributed by atoms with Gasteiger partial charge >= 0.3 is 0 Å². The van der Waals surface area contributed by atoms with Crippen LogP contribution in [0.5, 0.6) is 0 Å². The molecule has 0 saturated heterocycles. The summed E-state index contributed by atoms with van der Waals surface area (Å²) in [5.74, 6) is -0.668. The van der Waals surface area contributed by atoms with Crippen LogP contribution in [0.25, 0.3) is 11.1 Å². The number of benzene rings is 3. The highest BCUT2D eigenvalue weighted by atomic mass is 32.2. The van der Waals surface area contributed by atoms with Crippen molar-refractivity contribution in [2.24, 2.45) is 0 Å². The number of carbonyl (C=O) groups excluding carboxylic acids is 1. The summed E-state index contributed by atoms with van der Waals surface area (Å²) in [4.78, 5) is 12.9. The Bertz CT molecular complexity index is 1140. The van der Waals surface area contributed by atoms with Crippen molar-refractivity contribution in [3.8, 4) is 11.1 Å². The van der Waals surface area contributed by atoms with Crippen molar-refractivity contribution in [3.63, 3.8) is 0 Å². The largest absolute Gasteiger partial charge is 0.380 e. The number of amides is 1. The van der Waals surface area contributed by atoms with E-state index in [4.69, 9.17) is 4.74 Å². The molecule has 0 atom stereocenters. The molecular weight excluding hydrogens is 422 g/mol. The Labute approximate surface area is 190 Å². The molecule has 0 aliphatic rings. The van der Waals surface area contributed by atoms with E-state index < -0.39 is 15.9 Å². The van der Waals surface area contributed by atoms with Crippen molar-refractivity contribution in [3.05, 3.63) is 95.1 Å². The summed E-state index contributed by atoms with van der Waals surface area (Å²) >= 11 is 0. The summed E-state index contributed by atoms with van der Waals surface area (Å²) in [6, 6.07) is 23.6. The number of nitrogens with one attached hydrogen (secondary N) is 1. The van der Waals surface area contributed by atoms with Gasteiger partial charge in [-0.3, -0.25) is 4.79 Å². The van der Waals surface area contributed by atoms with Crippen LogP contribution in [0.1, 0.15) is 46.8 Å². The third kappa shape index (κ3) is 6.28. The van der Waals surface area contributed by atoms with E-state index in [1.165, 1.54) is 0 Å². The topological polar surface area (TPSA) is 72.5 Å². The number of unbranched alkanes of at least 4 members (excludes halogenated alkanes) is 1. The van der Waals surface area contributed by atoms with Crippen molar-refractivity contribution in [1.82, 2.24) is 4.72 Å². The maximum atomic E-state index is 12.9. The second-order valence-corrected chi connectivity index (χ2v) is 9.56. The fourth-order valence-corrected chi connectivity index (χ4v) is 4.74. The van der Waals surface area contributed by atoms with Gasteiger partial charge in [-0.25, -0.2) is 13.1 Å². The van der Waals surface area contributed by atoms with E-state index >= 15 is 0 Å². The molecule has 3 rings (SSSR count). The monoisotopic (exact) mass is 451 g/mol. The van der Waals surface area contributed by atoms with Gasteiger partial charge in [-0.05, 0) is 46.7 Å². The van der Waals surface area contributed by atoms with Crippen LogP contribution in [-0.4, -0.2) is 27.2 Å². The highest BCUT2D eigenvalue weighted by molar-refractivity contribution is 7.90. The molecule has 0 bridgehead atoms. The Morgan fingerprint density at radius 3 is 2.25 bits per heavy atom. The standard InChI is InChI=1S/C26H29NO4S/c1-3-4-17-32(29,30)27-26(28)24-12-8-11-23(19-31-2)25(24)18-20-13-15-22(16-14-20)21-9-6-5-7-10-21/h5-16H,3-4,17-19H2,1-2H3,(H,27,28). The molecule has 5 nitrogen and oxygen atoms in total. The number of sulfonamides is 1. The van der Waals surface area contributed by atoms with Gasteiger partial charge in [0.1, 0.15) is 0 Å². The van der Waals surface area contributed by atoms with E-state index in [1.807, 2.05) is 43.3 Å². The Morgan fingerprint density at radius 2 is 1.59 bits per heavy atom. The van der Waals surface area contributed by atoms with Crippen LogP contribution in [0.15, 0.2) is 72.8 Å². The van der Waals surface area contributed by atoms with Crippen LogP contribution >= 0.6 is 0 Å². The third-order valence-corrected chi connectivity index (χ3v) is 6.60. The predicted molar refractivity (Wildman–Crippen MR) is 128 cm³/mol. The normalized spacial score (nSPS) is 11.3. The van der Waals surface area contributed by atoms with Crippen LogP contribution < -0.4 is 4.72 Å². The second kappa shape index (κ2) is 11.1. The Morgan fingerprint density at radius 1 is 0.906 bits per heavy atom. The molecule has 0 fully saturated rings. The third-order valence-electron chi connectivity index (χ3n) is 5.27. The molecule has 3 aromatic carbocycles. The van der Waals surface area contributed by atoms with Gasteiger partial charge in [-0.2, -0.15) is 0 Å². The molecular formula is C26H29NO4S. The SMILES string of the molecule is CCCCS(=O)(=O)NC(=O)c1cccc(COC)c1Cc1ccc(-c2ccccc2)cc1. The summed E-state index contributed by atoms with van der Waals surface area (Å²) in [5.41, 5.74) is 5.25. The van der Waals surface area contributed by atoms with Gasteiger partial charge in [-0.15, -0.1) is 0 Å². The summed E-state index contributed by atoms with van der Waals surface area (Å²) in [6.45, 7) is 2.24. The minimum atomic E-state index is -3.67. The summed E-state index contributed by atoms with van der Waals surface area (Å²) in [5, 5.41) is 0. The zero-order valence-corrected chi connectivity index (χ0v) is 19.3. The second-order valence-electron chi connectivity index (χ2n) is 7.72. The molecule has 0 aromatic heterocycles. The fourth-order valence-electron chi connectivity index (χ4n) is 3.58. The average Bonchev–Trinajstić information content (AvgIpc) is 2.80. The van der Waals surface area contributed by atoms with Crippen LogP contribution in [0.2, 0.25) is 0 Å². The van der Waals surface area contributed by atoms with Gasteiger partial charge < -0.3 is 4.74 Å². The molecule has 3 aromatic rings. The van der Waals surface area contributed by atoms with Gasteiger partial charge in [0.25, 0.3) is 5.91 Å². The number of carbonyl (C=O) groups is 1. The smallest absolute Gasteiger partial charge is 0.265 e. The molecule has 1 N–H and O–H groups in total. The number of hydrogen-bond acceptors (Lipinski definition) is 4. The zero-order chi connectivity index (χ0) is 23.0. The zero-order valence-electron chi connectivity index (χ0n) is 18.5. The van der Waals surface area contributed by atoms with Gasteiger partial charge in [0, 0.05) is 12.7 Å². The van der Waals surface area contributed by atoms with Gasteiger partial charge in [0.15, 0.2) is 0 Å². The number of rotatable bonds is 10. The number of ether oxygens (including phenoxy) is 1. The van der Waals surface area contributed by atoms with Gasteiger partial charge in [0.2, 0.25) is 10.0 Å². The van der Waals surface area contributed by atoms with Crippen LogP contribution in [0, 0.1) is 0 Å². The molecule has 0 unspecified atom stereocenters. The Kier molecular flexibility index (Phi) is 8.20. The Balaban J connectivity index is 1.88. The summed E-state index contributed by atoms with van der Waals surface area (Å²) in [7, 11) is -2.08. The summed E-state index contributed by atoms with van der Waals surface area (Å²) < 4.78 is 32.1. The highest BCUT2D eigenvalue weighted by Gasteiger charge is 2.20. The molecule has 0 spiro atoms.